The van der Waals surface area contributed by atoms with Crippen molar-refractivity contribution in [2.24, 2.45) is 5.16 Å². The molecule has 3 heterocycles. The molecular formula is C26H24F2N4O4. The van der Waals surface area contributed by atoms with E-state index in [1.54, 1.807) is 13.4 Å². The van der Waals surface area contributed by atoms with Gasteiger partial charge in [0.1, 0.15) is 22.9 Å². The number of methoxy groups -OCH3 is 2. The number of benzene rings is 2. The number of esters is 1. The van der Waals surface area contributed by atoms with E-state index >= 15 is 0 Å². The fourth-order valence-electron chi connectivity index (χ4n) is 4.67. The van der Waals surface area contributed by atoms with Crippen molar-refractivity contribution < 1.29 is 27.9 Å². The van der Waals surface area contributed by atoms with Gasteiger partial charge in [-0.25, -0.2) is 18.6 Å². The van der Waals surface area contributed by atoms with Crippen LogP contribution in [0.2, 0.25) is 0 Å². The first-order valence-electron chi connectivity index (χ1n) is 11.4. The molecule has 0 N–H and O–H groups in total. The van der Waals surface area contributed by atoms with Crippen LogP contribution in [-0.2, 0) is 20.1 Å². The summed E-state index contributed by atoms with van der Waals surface area (Å²) in [7, 11) is 2.73. The summed E-state index contributed by atoms with van der Waals surface area (Å²) >= 11 is 0. The lowest BCUT2D eigenvalue weighted by molar-refractivity contribution is -0.188. The Hall–Kier alpha value is -4.21. The molecule has 5 rings (SSSR count). The molecule has 0 aliphatic carbocycles. The Labute approximate surface area is 206 Å². The molecule has 0 saturated carbocycles. The molecule has 8 nitrogen and oxygen atoms in total. The standard InChI is InChI=1S/C26H24F2N4O4/c1-16-14-31(15-29-16)21-10-9-17(13-22(21)34-2)12-18-6-5-11-32-24(18)30-36-26(32,25(33)35-3)23-19(27)7-4-8-20(23)28/h4,7-10,12-15H,5-6,11H2,1-3H3/b18-12-. The number of amidine groups is 1. The van der Waals surface area contributed by atoms with Gasteiger partial charge >= 0.3 is 11.7 Å². The number of hydrogen-bond donors (Lipinski definition) is 0. The van der Waals surface area contributed by atoms with Crippen molar-refractivity contribution in [1.82, 2.24) is 14.5 Å². The third kappa shape index (κ3) is 3.69. The Kier molecular flexibility index (Phi) is 5.95. The second-order valence-electron chi connectivity index (χ2n) is 8.52. The van der Waals surface area contributed by atoms with Crippen molar-refractivity contribution in [3.05, 3.63) is 83.0 Å². The molecule has 2 aromatic carbocycles. The Balaban J connectivity index is 1.54. The molecule has 3 aromatic rings. The van der Waals surface area contributed by atoms with E-state index in [0.717, 1.165) is 41.8 Å². The minimum absolute atomic E-state index is 0.293. The average molecular weight is 494 g/mol. The summed E-state index contributed by atoms with van der Waals surface area (Å²) in [5, 5.41) is 4.12. The summed E-state index contributed by atoms with van der Waals surface area (Å²) < 4.78 is 42.1. The molecule has 1 fully saturated rings. The maximum Gasteiger partial charge on any atom is 0.380 e. The number of imidazole rings is 1. The maximum atomic E-state index is 14.9. The number of fused-ring (bicyclic) bond motifs is 1. The Morgan fingerprint density at radius 3 is 2.64 bits per heavy atom. The van der Waals surface area contributed by atoms with Gasteiger partial charge in [0.05, 0.1) is 31.9 Å². The summed E-state index contributed by atoms with van der Waals surface area (Å²) in [6.45, 7) is 2.20. The highest BCUT2D eigenvalue weighted by Gasteiger charge is 2.59. The fourth-order valence-corrected chi connectivity index (χ4v) is 4.67. The molecule has 1 atom stereocenters. The van der Waals surface area contributed by atoms with Crippen molar-refractivity contribution in [2.45, 2.75) is 25.5 Å². The molecule has 2 aliphatic rings. The lowest BCUT2D eigenvalue weighted by Crippen LogP contribution is -2.55. The SMILES string of the molecule is COC(=O)C1(c2c(F)cccc2F)ON=C2/C(=C\c3ccc(-n4cnc(C)c4)c(OC)c3)CCCN21. The topological polar surface area (TPSA) is 78.2 Å². The number of oxime groups is 1. The quantitative estimate of drug-likeness (QED) is 0.492. The largest absolute Gasteiger partial charge is 0.495 e. The van der Waals surface area contributed by atoms with Crippen molar-refractivity contribution >= 4 is 17.9 Å². The van der Waals surface area contributed by atoms with Gasteiger partial charge in [0.15, 0.2) is 5.84 Å². The van der Waals surface area contributed by atoms with Crippen LogP contribution in [0.1, 0.15) is 29.7 Å². The molecule has 0 amide bonds. The van der Waals surface area contributed by atoms with Gasteiger partial charge in [0.25, 0.3) is 0 Å². The zero-order chi connectivity index (χ0) is 25.4. The first-order chi connectivity index (χ1) is 17.4. The fraction of sp³-hybridized carbons (Fsp3) is 0.269. The monoisotopic (exact) mass is 494 g/mol. The summed E-state index contributed by atoms with van der Waals surface area (Å²) in [4.78, 5) is 24.3. The van der Waals surface area contributed by atoms with E-state index in [1.165, 1.54) is 11.0 Å². The van der Waals surface area contributed by atoms with Gasteiger partial charge in [-0.1, -0.05) is 17.3 Å². The van der Waals surface area contributed by atoms with Gasteiger partial charge in [-0.3, -0.25) is 0 Å². The van der Waals surface area contributed by atoms with E-state index in [2.05, 4.69) is 10.1 Å². The summed E-state index contributed by atoms with van der Waals surface area (Å²) in [6.07, 6.45) is 6.73. The highest BCUT2D eigenvalue weighted by atomic mass is 19.1. The van der Waals surface area contributed by atoms with E-state index in [-0.39, 0.29) is 0 Å². The Morgan fingerprint density at radius 1 is 1.19 bits per heavy atom. The van der Waals surface area contributed by atoms with E-state index in [4.69, 9.17) is 14.3 Å². The minimum atomic E-state index is -2.19. The zero-order valence-electron chi connectivity index (χ0n) is 20.0. The van der Waals surface area contributed by atoms with Crippen LogP contribution >= 0.6 is 0 Å². The molecule has 186 valence electrons. The predicted octanol–water partition coefficient (Wildman–Crippen LogP) is 4.32. The number of ether oxygens (including phenoxy) is 2. The van der Waals surface area contributed by atoms with Gasteiger partial charge in [0.2, 0.25) is 0 Å². The van der Waals surface area contributed by atoms with Gasteiger partial charge in [-0.2, -0.15) is 0 Å². The van der Waals surface area contributed by atoms with Crippen LogP contribution in [0.15, 0.2) is 59.7 Å². The van der Waals surface area contributed by atoms with Crippen LogP contribution in [-0.4, -0.2) is 47.0 Å². The van der Waals surface area contributed by atoms with E-state index in [9.17, 15) is 13.6 Å². The Morgan fingerprint density at radius 2 is 1.97 bits per heavy atom. The highest BCUT2D eigenvalue weighted by Crippen LogP contribution is 2.43. The number of piperidine rings is 1. The number of hydrogen-bond acceptors (Lipinski definition) is 7. The van der Waals surface area contributed by atoms with E-state index in [1.807, 2.05) is 42.0 Å². The number of nitrogens with zero attached hydrogens (tertiary/aromatic N) is 4. The number of rotatable bonds is 5. The summed E-state index contributed by atoms with van der Waals surface area (Å²) in [6, 6.07) is 9.06. The molecule has 10 heteroatoms. The summed E-state index contributed by atoms with van der Waals surface area (Å²) in [5.41, 5.74) is 0.520. The van der Waals surface area contributed by atoms with Gasteiger partial charge < -0.3 is 23.8 Å². The highest BCUT2D eigenvalue weighted by molar-refractivity contribution is 6.06. The van der Waals surface area contributed by atoms with E-state index in [0.29, 0.717) is 31.0 Å². The lowest BCUT2D eigenvalue weighted by Gasteiger charge is -2.37. The average Bonchev–Trinajstić information content (AvgIpc) is 3.48. The predicted molar refractivity (Wildman–Crippen MR) is 127 cm³/mol. The first kappa shape index (κ1) is 23.5. The number of aryl methyl sites for hydroxylation is 1. The molecule has 0 bridgehead atoms. The van der Waals surface area contributed by atoms with Crippen LogP contribution in [0.3, 0.4) is 0 Å². The summed E-state index contributed by atoms with van der Waals surface area (Å²) in [5.74, 6) is -1.86. The van der Waals surface area contributed by atoms with Gasteiger partial charge in [-0.05, 0) is 61.2 Å². The third-order valence-electron chi connectivity index (χ3n) is 6.31. The molecule has 1 unspecified atom stereocenters. The van der Waals surface area contributed by atoms with Crippen LogP contribution in [0.5, 0.6) is 5.75 Å². The molecular weight excluding hydrogens is 470 g/mol. The molecule has 1 saturated heterocycles. The van der Waals surface area contributed by atoms with Crippen molar-refractivity contribution in [2.75, 3.05) is 20.8 Å². The molecule has 1 aromatic heterocycles. The number of halogens is 2. The molecule has 0 radical (unpaired) electrons. The first-order valence-corrected chi connectivity index (χ1v) is 11.4. The number of carbonyl (C=O) groups excluding carboxylic acids is 1. The van der Waals surface area contributed by atoms with Crippen LogP contribution in [0.4, 0.5) is 8.78 Å². The smallest absolute Gasteiger partial charge is 0.380 e. The van der Waals surface area contributed by atoms with E-state index < -0.39 is 28.9 Å². The minimum Gasteiger partial charge on any atom is -0.495 e. The molecule has 36 heavy (non-hydrogen) atoms. The van der Waals surface area contributed by atoms with Gasteiger partial charge in [0, 0.05) is 12.7 Å². The van der Waals surface area contributed by atoms with Crippen molar-refractivity contribution in [3.8, 4) is 11.4 Å². The normalized spacial score (nSPS) is 20.1. The third-order valence-corrected chi connectivity index (χ3v) is 6.31. The lowest BCUT2D eigenvalue weighted by atomic mass is 9.93. The molecule has 2 aliphatic heterocycles. The maximum absolute atomic E-state index is 14.9. The second-order valence-corrected chi connectivity index (χ2v) is 8.52. The number of aromatic nitrogens is 2. The van der Waals surface area contributed by atoms with Gasteiger partial charge in [-0.15, -0.1) is 0 Å². The van der Waals surface area contributed by atoms with Crippen molar-refractivity contribution in [3.63, 3.8) is 0 Å². The zero-order valence-corrected chi connectivity index (χ0v) is 20.0. The Bertz CT molecular complexity index is 1380. The second kappa shape index (κ2) is 9.10. The van der Waals surface area contributed by atoms with Crippen LogP contribution < -0.4 is 4.74 Å². The van der Waals surface area contributed by atoms with Crippen molar-refractivity contribution in [1.29, 1.82) is 0 Å². The number of carbonyl (C=O) groups is 1. The van der Waals surface area contributed by atoms with Crippen LogP contribution in [0.25, 0.3) is 11.8 Å². The van der Waals surface area contributed by atoms with Crippen LogP contribution in [0, 0.1) is 18.6 Å². The molecule has 0 spiro atoms.